The summed E-state index contributed by atoms with van der Waals surface area (Å²) in [5.74, 6) is 0.686. The molecule has 0 saturated carbocycles. The summed E-state index contributed by atoms with van der Waals surface area (Å²) in [7, 11) is -1.92. The number of ether oxygens (including phenoxy) is 1. The number of methoxy groups -OCH3 is 1. The molecular formula is C15H26N2O3S. The van der Waals surface area contributed by atoms with Crippen LogP contribution in [0.4, 0.5) is 0 Å². The van der Waals surface area contributed by atoms with E-state index in [9.17, 15) is 8.42 Å². The van der Waals surface area contributed by atoms with Gasteiger partial charge < -0.3 is 4.74 Å². The van der Waals surface area contributed by atoms with Crippen LogP contribution >= 0.6 is 0 Å². The normalized spacial score (nSPS) is 13.4. The monoisotopic (exact) mass is 314 g/mol. The smallest absolute Gasteiger partial charge is 0.240 e. The van der Waals surface area contributed by atoms with Crippen molar-refractivity contribution in [3.05, 3.63) is 23.8 Å². The van der Waals surface area contributed by atoms with Crippen molar-refractivity contribution in [1.82, 2.24) is 9.62 Å². The number of rotatable bonds is 8. The third-order valence-electron chi connectivity index (χ3n) is 3.68. The number of nitrogens with zero attached hydrogens (tertiary/aromatic N) is 1. The Morgan fingerprint density at radius 2 is 1.90 bits per heavy atom. The van der Waals surface area contributed by atoms with Gasteiger partial charge >= 0.3 is 0 Å². The van der Waals surface area contributed by atoms with Crippen molar-refractivity contribution in [3.63, 3.8) is 0 Å². The van der Waals surface area contributed by atoms with Crippen molar-refractivity contribution >= 4 is 10.0 Å². The number of sulfonamides is 1. The van der Waals surface area contributed by atoms with Gasteiger partial charge in [0.1, 0.15) is 5.75 Å². The summed E-state index contributed by atoms with van der Waals surface area (Å²) in [4.78, 5) is 2.48. The Morgan fingerprint density at radius 3 is 2.38 bits per heavy atom. The molecule has 1 atom stereocenters. The number of nitrogens with one attached hydrogen (secondary N) is 1. The van der Waals surface area contributed by atoms with Gasteiger partial charge in [0.05, 0.1) is 12.0 Å². The molecule has 1 N–H and O–H groups in total. The number of likely N-dealkylation sites (N-methyl/N-ethyl adjacent to an activating group) is 1. The van der Waals surface area contributed by atoms with Gasteiger partial charge in [0, 0.05) is 12.6 Å². The molecule has 6 heteroatoms. The largest absolute Gasteiger partial charge is 0.496 e. The van der Waals surface area contributed by atoms with Crippen LogP contribution in [-0.2, 0) is 10.0 Å². The zero-order valence-electron chi connectivity index (χ0n) is 13.5. The maximum absolute atomic E-state index is 12.3. The molecule has 1 aromatic rings. The van der Waals surface area contributed by atoms with Crippen LogP contribution in [0, 0.1) is 6.92 Å². The van der Waals surface area contributed by atoms with E-state index in [2.05, 4.69) is 23.5 Å². The van der Waals surface area contributed by atoms with E-state index in [-0.39, 0.29) is 10.9 Å². The average Bonchev–Trinajstić information content (AvgIpc) is 2.46. The van der Waals surface area contributed by atoms with Gasteiger partial charge in [-0.25, -0.2) is 13.1 Å². The van der Waals surface area contributed by atoms with E-state index in [0.29, 0.717) is 12.3 Å². The van der Waals surface area contributed by atoms with E-state index in [0.717, 1.165) is 18.7 Å². The molecule has 1 unspecified atom stereocenters. The number of hydrogen-bond donors (Lipinski definition) is 1. The predicted octanol–water partition coefficient (Wildman–Crippen LogP) is 2.01. The van der Waals surface area contributed by atoms with Gasteiger partial charge in [0.15, 0.2) is 0 Å². The lowest BCUT2D eigenvalue weighted by atomic mass is 10.2. The first kappa shape index (κ1) is 17.9. The topological polar surface area (TPSA) is 58.6 Å². The van der Waals surface area contributed by atoms with E-state index >= 15 is 0 Å². The first-order valence-corrected chi connectivity index (χ1v) is 8.72. The summed E-state index contributed by atoms with van der Waals surface area (Å²) in [6.07, 6.45) is 0. The molecular weight excluding hydrogens is 288 g/mol. The summed E-state index contributed by atoms with van der Waals surface area (Å²) in [6, 6.07) is 5.03. The Kier molecular flexibility index (Phi) is 6.64. The molecule has 0 aliphatic carbocycles. The lowest BCUT2D eigenvalue weighted by Crippen LogP contribution is -2.41. The van der Waals surface area contributed by atoms with E-state index in [1.54, 1.807) is 25.3 Å². The molecule has 120 valence electrons. The zero-order chi connectivity index (χ0) is 16.0. The Hall–Kier alpha value is -1.11. The van der Waals surface area contributed by atoms with Crippen LogP contribution < -0.4 is 9.46 Å². The van der Waals surface area contributed by atoms with Crippen molar-refractivity contribution in [2.75, 3.05) is 26.7 Å². The fourth-order valence-electron chi connectivity index (χ4n) is 2.31. The molecule has 0 radical (unpaired) electrons. The first-order valence-electron chi connectivity index (χ1n) is 7.24. The van der Waals surface area contributed by atoms with Crippen LogP contribution in [0.15, 0.2) is 23.1 Å². The van der Waals surface area contributed by atoms with Crippen molar-refractivity contribution in [2.45, 2.75) is 38.6 Å². The standard InChI is InChI=1S/C15H26N2O3S/c1-6-17(7-2)13(4)11-16-21(18,19)14-8-9-15(20-5)12(3)10-14/h8-10,13,16H,6-7,11H2,1-5H3. The number of benzene rings is 1. The molecule has 0 bridgehead atoms. The van der Waals surface area contributed by atoms with Gasteiger partial charge in [-0.1, -0.05) is 13.8 Å². The Balaban J connectivity index is 2.80. The number of aryl methyl sites for hydroxylation is 1. The van der Waals surface area contributed by atoms with Crippen LogP contribution in [0.1, 0.15) is 26.3 Å². The van der Waals surface area contributed by atoms with Crippen LogP contribution in [-0.4, -0.2) is 46.1 Å². The summed E-state index contributed by atoms with van der Waals surface area (Å²) in [5.41, 5.74) is 0.803. The summed E-state index contributed by atoms with van der Waals surface area (Å²) in [5, 5.41) is 0. The molecule has 0 aliphatic rings. The van der Waals surface area contributed by atoms with Crippen molar-refractivity contribution in [2.24, 2.45) is 0 Å². The highest BCUT2D eigenvalue weighted by molar-refractivity contribution is 7.89. The minimum Gasteiger partial charge on any atom is -0.496 e. The highest BCUT2D eigenvalue weighted by Crippen LogP contribution is 2.21. The molecule has 5 nitrogen and oxygen atoms in total. The van der Waals surface area contributed by atoms with Crippen LogP contribution in [0.5, 0.6) is 5.75 Å². The molecule has 0 heterocycles. The average molecular weight is 314 g/mol. The fraction of sp³-hybridized carbons (Fsp3) is 0.600. The molecule has 0 saturated heterocycles. The predicted molar refractivity (Wildman–Crippen MR) is 85.3 cm³/mol. The maximum Gasteiger partial charge on any atom is 0.240 e. The highest BCUT2D eigenvalue weighted by Gasteiger charge is 2.18. The third-order valence-corrected chi connectivity index (χ3v) is 5.10. The molecule has 0 spiro atoms. The van der Waals surface area contributed by atoms with E-state index in [4.69, 9.17) is 4.74 Å². The van der Waals surface area contributed by atoms with Gasteiger partial charge in [-0.15, -0.1) is 0 Å². The summed E-state index contributed by atoms with van der Waals surface area (Å²) < 4.78 is 32.5. The second-order valence-electron chi connectivity index (χ2n) is 5.05. The van der Waals surface area contributed by atoms with Crippen LogP contribution in [0.2, 0.25) is 0 Å². The minimum atomic E-state index is -3.49. The van der Waals surface area contributed by atoms with E-state index in [1.165, 1.54) is 0 Å². The molecule has 0 fully saturated rings. The summed E-state index contributed by atoms with van der Waals surface area (Å²) in [6.45, 7) is 10.2. The lowest BCUT2D eigenvalue weighted by molar-refractivity contribution is 0.232. The Bertz CT molecular complexity index is 554. The Morgan fingerprint density at radius 1 is 1.29 bits per heavy atom. The van der Waals surface area contributed by atoms with Crippen molar-refractivity contribution in [1.29, 1.82) is 0 Å². The van der Waals surface area contributed by atoms with Gasteiger partial charge in [-0.2, -0.15) is 0 Å². The molecule has 0 aromatic heterocycles. The quantitative estimate of drug-likeness (QED) is 0.797. The fourth-order valence-corrected chi connectivity index (χ4v) is 3.51. The first-order chi connectivity index (χ1) is 9.85. The van der Waals surface area contributed by atoms with E-state index < -0.39 is 10.0 Å². The summed E-state index contributed by atoms with van der Waals surface area (Å²) >= 11 is 0. The molecule has 21 heavy (non-hydrogen) atoms. The van der Waals surface area contributed by atoms with Crippen molar-refractivity contribution < 1.29 is 13.2 Å². The van der Waals surface area contributed by atoms with Gasteiger partial charge in [-0.3, -0.25) is 4.90 Å². The van der Waals surface area contributed by atoms with Crippen LogP contribution in [0.3, 0.4) is 0 Å². The van der Waals surface area contributed by atoms with Gasteiger partial charge in [0.2, 0.25) is 10.0 Å². The third kappa shape index (κ3) is 4.69. The van der Waals surface area contributed by atoms with Crippen LogP contribution in [0.25, 0.3) is 0 Å². The van der Waals surface area contributed by atoms with Gasteiger partial charge in [0.25, 0.3) is 0 Å². The zero-order valence-corrected chi connectivity index (χ0v) is 14.3. The van der Waals surface area contributed by atoms with Gasteiger partial charge in [-0.05, 0) is 50.7 Å². The van der Waals surface area contributed by atoms with Crippen molar-refractivity contribution in [3.8, 4) is 5.75 Å². The lowest BCUT2D eigenvalue weighted by Gasteiger charge is -2.26. The molecule has 1 aromatic carbocycles. The maximum atomic E-state index is 12.3. The molecule has 0 aliphatic heterocycles. The highest BCUT2D eigenvalue weighted by atomic mass is 32.2. The Labute approximate surface area is 128 Å². The van der Waals surface area contributed by atoms with E-state index in [1.807, 2.05) is 13.8 Å². The SMILES string of the molecule is CCN(CC)C(C)CNS(=O)(=O)c1ccc(OC)c(C)c1. The second kappa shape index (κ2) is 7.77. The molecule has 1 rings (SSSR count). The number of hydrogen-bond acceptors (Lipinski definition) is 4. The molecule has 0 amide bonds. The minimum absolute atomic E-state index is 0.161. The second-order valence-corrected chi connectivity index (χ2v) is 6.82.